The Morgan fingerprint density at radius 3 is 2.33 bits per heavy atom. The van der Waals surface area contributed by atoms with Crippen molar-refractivity contribution in [2.24, 2.45) is 5.92 Å². The van der Waals surface area contributed by atoms with Gasteiger partial charge in [0.05, 0.1) is 10.6 Å². The van der Waals surface area contributed by atoms with Crippen molar-refractivity contribution in [1.29, 1.82) is 0 Å². The third kappa shape index (κ3) is 5.96. The van der Waals surface area contributed by atoms with Gasteiger partial charge < -0.3 is 15.4 Å². The third-order valence-electron chi connectivity index (χ3n) is 4.69. The zero-order valence-electron chi connectivity index (χ0n) is 16.0. The van der Waals surface area contributed by atoms with Gasteiger partial charge in [-0.25, -0.2) is 4.79 Å². The van der Waals surface area contributed by atoms with Crippen molar-refractivity contribution in [1.82, 2.24) is 10.6 Å². The van der Waals surface area contributed by atoms with Crippen LogP contribution in [-0.4, -0.2) is 36.0 Å². The summed E-state index contributed by atoms with van der Waals surface area (Å²) in [5.41, 5.74) is 0.282. The molecule has 7 heteroatoms. The van der Waals surface area contributed by atoms with E-state index in [0.29, 0.717) is 5.02 Å². The van der Waals surface area contributed by atoms with Gasteiger partial charge in [-0.3, -0.25) is 9.59 Å². The van der Waals surface area contributed by atoms with Gasteiger partial charge in [-0.1, -0.05) is 50.4 Å². The number of rotatable bonds is 7. The van der Waals surface area contributed by atoms with E-state index in [1.807, 2.05) is 0 Å². The van der Waals surface area contributed by atoms with Crippen molar-refractivity contribution in [3.8, 4) is 0 Å². The van der Waals surface area contributed by atoms with E-state index in [1.54, 1.807) is 38.1 Å². The highest BCUT2D eigenvalue weighted by atomic mass is 35.5. The second-order valence-electron chi connectivity index (χ2n) is 7.24. The monoisotopic (exact) mass is 394 g/mol. The molecule has 0 radical (unpaired) electrons. The number of hydrogen-bond donors (Lipinski definition) is 2. The van der Waals surface area contributed by atoms with Crippen LogP contribution in [0.4, 0.5) is 0 Å². The molecule has 1 aromatic rings. The third-order valence-corrected chi connectivity index (χ3v) is 5.02. The Hall–Kier alpha value is -2.08. The van der Waals surface area contributed by atoms with E-state index in [-0.39, 0.29) is 23.4 Å². The normalized spacial score (nSPS) is 16.6. The average molecular weight is 395 g/mol. The zero-order valence-corrected chi connectivity index (χ0v) is 16.7. The van der Waals surface area contributed by atoms with E-state index in [4.69, 9.17) is 16.3 Å². The number of carbonyl (C=O) groups excluding carboxylic acids is 3. The molecule has 27 heavy (non-hydrogen) atoms. The van der Waals surface area contributed by atoms with Crippen LogP contribution in [0.1, 0.15) is 56.8 Å². The smallest absolute Gasteiger partial charge is 0.329 e. The number of esters is 1. The summed E-state index contributed by atoms with van der Waals surface area (Å²) < 4.78 is 5.31. The first-order valence-corrected chi connectivity index (χ1v) is 9.73. The molecule has 2 amide bonds. The lowest BCUT2D eigenvalue weighted by Gasteiger charge is -2.23. The summed E-state index contributed by atoms with van der Waals surface area (Å²) in [6.45, 7) is 5.12. The summed E-state index contributed by atoms with van der Waals surface area (Å²) in [5, 5.41) is 5.87. The molecule has 1 aliphatic carbocycles. The van der Waals surface area contributed by atoms with Gasteiger partial charge in [0.2, 0.25) is 0 Å². The molecule has 1 fully saturated rings. The predicted octanol–water partition coefficient (Wildman–Crippen LogP) is 3.08. The quantitative estimate of drug-likeness (QED) is 0.696. The summed E-state index contributed by atoms with van der Waals surface area (Å²) in [6, 6.07) is 5.87. The number of ether oxygens (including phenoxy) is 1. The first kappa shape index (κ1) is 21.2. The van der Waals surface area contributed by atoms with Gasteiger partial charge in [0, 0.05) is 6.04 Å². The van der Waals surface area contributed by atoms with Crippen LogP contribution < -0.4 is 10.6 Å². The lowest BCUT2D eigenvalue weighted by molar-refractivity contribution is -0.157. The fourth-order valence-corrected chi connectivity index (χ4v) is 3.27. The van der Waals surface area contributed by atoms with Gasteiger partial charge in [-0.2, -0.15) is 0 Å². The van der Waals surface area contributed by atoms with Crippen molar-refractivity contribution in [2.45, 2.75) is 64.6 Å². The molecule has 0 saturated heterocycles. The maximum Gasteiger partial charge on any atom is 0.329 e. The van der Waals surface area contributed by atoms with E-state index in [1.165, 1.54) is 6.92 Å². The molecule has 148 valence electrons. The van der Waals surface area contributed by atoms with Crippen LogP contribution in [0, 0.1) is 5.92 Å². The number of benzene rings is 1. The van der Waals surface area contributed by atoms with Crippen molar-refractivity contribution >= 4 is 29.4 Å². The van der Waals surface area contributed by atoms with E-state index in [0.717, 1.165) is 25.7 Å². The van der Waals surface area contributed by atoms with Crippen molar-refractivity contribution < 1.29 is 19.1 Å². The average Bonchev–Trinajstić information content (AvgIpc) is 3.12. The Morgan fingerprint density at radius 2 is 1.74 bits per heavy atom. The Balaban J connectivity index is 1.96. The minimum atomic E-state index is -0.920. The molecule has 0 heterocycles. The van der Waals surface area contributed by atoms with E-state index < -0.39 is 24.0 Å². The second kappa shape index (κ2) is 9.74. The van der Waals surface area contributed by atoms with Gasteiger partial charge in [0.1, 0.15) is 6.04 Å². The minimum absolute atomic E-state index is 0.152. The largest absolute Gasteiger partial charge is 0.451 e. The van der Waals surface area contributed by atoms with Crippen LogP contribution in [0.5, 0.6) is 0 Å². The summed E-state index contributed by atoms with van der Waals surface area (Å²) in [5.74, 6) is -1.62. The van der Waals surface area contributed by atoms with Crippen LogP contribution >= 0.6 is 11.6 Å². The zero-order chi connectivity index (χ0) is 20.0. The van der Waals surface area contributed by atoms with E-state index in [9.17, 15) is 14.4 Å². The molecule has 2 rings (SSSR count). The number of carbonyl (C=O) groups is 3. The molecule has 2 N–H and O–H groups in total. The number of hydrogen-bond acceptors (Lipinski definition) is 4. The van der Waals surface area contributed by atoms with Crippen molar-refractivity contribution in [3.05, 3.63) is 34.9 Å². The van der Waals surface area contributed by atoms with Gasteiger partial charge in [-0.15, -0.1) is 0 Å². The standard InChI is InChI=1S/C20H27ClN2O4/c1-12(2)17(23-19(25)15-10-6-7-11-16(15)21)20(26)27-13(3)18(24)22-14-8-4-5-9-14/h6-7,10-14,17H,4-5,8-9H2,1-3H3,(H,22,24)(H,23,25)/t13-,17-/m1/s1. The highest BCUT2D eigenvalue weighted by molar-refractivity contribution is 6.33. The molecule has 2 atom stereocenters. The van der Waals surface area contributed by atoms with Crippen LogP contribution in [0.15, 0.2) is 24.3 Å². The minimum Gasteiger partial charge on any atom is -0.451 e. The van der Waals surface area contributed by atoms with Gasteiger partial charge in [0.25, 0.3) is 11.8 Å². The number of halogens is 1. The fraction of sp³-hybridized carbons (Fsp3) is 0.550. The van der Waals surface area contributed by atoms with E-state index >= 15 is 0 Å². The van der Waals surface area contributed by atoms with Crippen LogP contribution in [0.3, 0.4) is 0 Å². The molecule has 0 unspecified atom stereocenters. The molecule has 0 spiro atoms. The second-order valence-corrected chi connectivity index (χ2v) is 7.65. The molecule has 0 bridgehead atoms. The van der Waals surface area contributed by atoms with Gasteiger partial charge >= 0.3 is 5.97 Å². The van der Waals surface area contributed by atoms with Crippen molar-refractivity contribution in [3.63, 3.8) is 0 Å². The van der Waals surface area contributed by atoms with Crippen molar-refractivity contribution in [2.75, 3.05) is 0 Å². The Labute approximate surface area is 165 Å². The maximum absolute atomic E-state index is 12.5. The number of amides is 2. The number of nitrogens with one attached hydrogen (secondary N) is 2. The first-order valence-electron chi connectivity index (χ1n) is 9.36. The highest BCUT2D eigenvalue weighted by Gasteiger charge is 2.30. The molecule has 1 aliphatic rings. The summed E-state index contributed by atoms with van der Waals surface area (Å²) >= 11 is 6.04. The van der Waals surface area contributed by atoms with E-state index in [2.05, 4.69) is 10.6 Å². The highest BCUT2D eigenvalue weighted by Crippen LogP contribution is 2.18. The molecule has 6 nitrogen and oxygen atoms in total. The van der Waals surface area contributed by atoms with Crippen LogP contribution in [0.2, 0.25) is 5.02 Å². The Bertz CT molecular complexity index is 686. The summed E-state index contributed by atoms with van der Waals surface area (Å²) in [4.78, 5) is 37.2. The molecule has 0 aliphatic heterocycles. The molecule has 1 aromatic carbocycles. The summed E-state index contributed by atoms with van der Waals surface area (Å²) in [6.07, 6.45) is 3.19. The molecule has 1 saturated carbocycles. The predicted molar refractivity (Wildman–Crippen MR) is 103 cm³/mol. The SMILES string of the molecule is CC(C)[C@@H](NC(=O)c1ccccc1Cl)C(=O)O[C@H](C)C(=O)NC1CCCC1. The Morgan fingerprint density at radius 1 is 1.11 bits per heavy atom. The van der Waals surface area contributed by atoms with Crippen LogP contribution in [-0.2, 0) is 14.3 Å². The Kier molecular flexibility index (Phi) is 7.66. The topological polar surface area (TPSA) is 84.5 Å². The lowest BCUT2D eigenvalue weighted by atomic mass is 10.0. The van der Waals surface area contributed by atoms with Gasteiger partial charge in [0.15, 0.2) is 6.10 Å². The molecular formula is C20H27ClN2O4. The molecular weight excluding hydrogens is 368 g/mol. The first-order chi connectivity index (χ1) is 12.8. The maximum atomic E-state index is 12.5. The molecule has 0 aromatic heterocycles. The van der Waals surface area contributed by atoms with Gasteiger partial charge in [-0.05, 0) is 37.8 Å². The van der Waals surface area contributed by atoms with Crippen LogP contribution in [0.25, 0.3) is 0 Å². The fourth-order valence-electron chi connectivity index (χ4n) is 3.05. The summed E-state index contributed by atoms with van der Waals surface area (Å²) in [7, 11) is 0. The lowest BCUT2D eigenvalue weighted by Crippen LogP contribution is -2.48.